The van der Waals surface area contributed by atoms with Crippen molar-refractivity contribution in [1.82, 2.24) is 9.97 Å². The Balaban J connectivity index is 2.60. The first-order chi connectivity index (χ1) is 11.6. The van der Waals surface area contributed by atoms with Gasteiger partial charge in [-0.3, -0.25) is 9.59 Å². The molecule has 0 amide bonds. The van der Waals surface area contributed by atoms with Crippen molar-refractivity contribution < 1.29 is 23.5 Å². The van der Waals surface area contributed by atoms with E-state index in [1.54, 1.807) is 19.9 Å². The molecule has 0 atom stereocenters. The molecule has 0 fully saturated rings. The molecule has 0 bridgehead atoms. The van der Waals surface area contributed by atoms with Crippen molar-refractivity contribution in [3.63, 3.8) is 0 Å². The zero-order valence-electron chi connectivity index (χ0n) is 13.4. The standard InChI is InChI=1S/C17H17FN2O4/c1-3-23-16(21)14(17(22)24-4-2)11-7-5-8-12(18)13(11)15-19-9-6-10-20-15/h5-10,14H,3-4H2,1-2H3. The van der Waals surface area contributed by atoms with E-state index in [-0.39, 0.29) is 30.2 Å². The third kappa shape index (κ3) is 3.73. The zero-order valence-corrected chi connectivity index (χ0v) is 13.4. The molecule has 0 saturated carbocycles. The van der Waals surface area contributed by atoms with Gasteiger partial charge in [0.15, 0.2) is 11.7 Å². The van der Waals surface area contributed by atoms with Gasteiger partial charge in [-0.2, -0.15) is 0 Å². The van der Waals surface area contributed by atoms with Gasteiger partial charge in [-0.25, -0.2) is 14.4 Å². The molecule has 0 radical (unpaired) electrons. The van der Waals surface area contributed by atoms with Crippen molar-refractivity contribution in [1.29, 1.82) is 0 Å². The Hall–Kier alpha value is -2.83. The number of benzene rings is 1. The molecule has 0 N–H and O–H groups in total. The van der Waals surface area contributed by atoms with Gasteiger partial charge in [-0.05, 0) is 31.5 Å². The number of aromatic nitrogens is 2. The third-order valence-corrected chi connectivity index (χ3v) is 3.19. The summed E-state index contributed by atoms with van der Waals surface area (Å²) in [5.74, 6) is -3.58. The van der Waals surface area contributed by atoms with Gasteiger partial charge in [0.2, 0.25) is 0 Å². The van der Waals surface area contributed by atoms with E-state index in [2.05, 4.69) is 9.97 Å². The van der Waals surface area contributed by atoms with E-state index in [4.69, 9.17) is 9.47 Å². The van der Waals surface area contributed by atoms with E-state index in [0.717, 1.165) is 0 Å². The van der Waals surface area contributed by atoms with E-state index in [0.29, 0.717) is 0 Å². The number of halogens is 1. The molecule has 0 aliphatic heterocycles. The summed E-state index contributed by atoms with van der Waals surface area (Å²) in [7, 11) is 0. The predicted octanol–water partition coefficient (Wildman–Crippen LogP) is 2.49. The van der Waals surface area contributed by atoms with Crippen molar-refractivity contribution >= 4 is 11.9 Å². The van der Waals surface area contributed by atoms with Crippen LogP contribution in [-0.2, 0) is 19.1 Å². The molecule has 2 rings (SSSR count). The number of rotatable bonds is 6. The fourth-order valence-corrected chi connectivity index (χ4v) is 2.25. The molecule has 0 spiro atoms. The molecule has 0 saturated heterocycles. The molecule has 1 aromatic heterocycles. The maximum atomic E-state index is 14.4. The highest BCUT2D eigenvalue weighted by atomic mass is 19.1. The van der Waals surface area contributed by atoms with Crippen LogP contribution in [0.5, 0.6) is 0 Å². The summed E-state index contributed by atoms with van der Waals surface area (Å²) < 4.78 is 24.3. The minimum atomic E-state index is -1.40. The Morgan fingerprint density at radius 2 is 1.62 bits per heavy atom. The van der Waals surface area contributed by atoms with E-state index < -0.39 is 23.7 Å². The monoisotopic (exact) mass is 332 g/mol. The van der Waals surface area contributed by atoms with Crippen LogP contribution in [0.25, 0.3) is 11.4 Å². The Kier molecular flexibility index (Phi) is 5.95. The topological polar surface area (TPSA) is 78.4 Å². The lowest BCUT2D eigenvalue weighted by Crippen LogP contribution is -2.27. The van der Waals surface area contributed by atoms with Crippen molar-refractivity contribution in [2.45, 2.75) is 19.8 Å². The Morgan fingerprint density at radius 3 is 2.17 bits per heavy atom. The SMILES string of the molecule is CCOC(=O)C(C(=O)OCC)c1cccc(F)c1-c1ncccn1. The third-order valence-electron chi connectivity index (χ3n) is 3.19. The van der Waals surface area contributed by atoms with E-state index in [1.165, 1.54) is 30.6 Å². The van der Waals surface area contributed by atoms with Gasteiger partial charge in [0, 0.05) is 12.4 Å². The molecule has 7 heteroatoms. The van der Waals surface area contributed by atoms with E-state index >= 15 is 0 Å². The number of carbonyl (C=O) groups is 2. The van der Waals surface area contributed by atoms with Crippen molar-refractivity contribution in [2.24, 2.45) is 0 Å². The highest BCUT2D eigenvalue weighted by Crippen LogP contribution is 2.31. The molecule has 6 nitrogen and oxygen atoms in total. The molecule has 1 heterocycles. The fraction of sp³-hybridized carbons (Fsp3) is 0.294. The predicted molar refractivity (Wildman–Crippen MR) is 83.4 cm³/mol. The number of hydrogen-bond acceptors (Lipinski definition) is 6. The first-order valence-electron chi connectivity index (χ1n) is 7.49. The summed E-state index contributed by atoms with van der Waals surface area (Å²) >= 11 is 0. The van der Waals surface area contributed by atoms with Crippen LogP contribution in [0.15, 0.2) is 36.7 Å². The van der Waals surface area contributed by atoms with E-state index in [1.807, 2.05) is 0 Å². The average molecular weight is 332 g/mol. The summed E-state index contributed by atoms with van der Waals surface area (Å²) in [4.78, 5) is 32.6. The van der Waals surface area contributed by atoms with Crippen molar-refractivity contribution in [3.05, 3.63) is 48.0 Å². The number of esters is 2. The summed E-state index contributed by atoms with van der Waals surface area (Å²) in [6.07, 6.45) is 2.89. The Morgan fingerprint density at radius 1 is 1.04 bits per heavy atom. The number of ether oxygens (including phenoxy) is 2. The highest BCUT2D eigenvalue weighted by Gasteiger charge is 2.35. The number of hydrogen-bond donors (Lipinski definition) is 0. The number of carbonyl (C=O) groups excluding carboxylic acids is 2. The Labute approximate surface area is 138 Å². The van der Waals surface area contributed by atoms with Gasteiger partial charge in [0.1, 0.15) is 5.82 Å². The summed E-state index contributed by atoms with van der Waals surface area (Å²) in [5, 5.41) is 0. The molecule has 0 aliphatic rings. The lowest BCUT2D eigenvalue weighted by molar-refractivity contribution is -0.156. The molecule has 0 aliphatic carbocycles. The van der Waals surface area contributed by atoms with Gasteiger partial charge in [0.25, 0.3) is 0 Å². The van der Waals surface area contributed by atoms with Gasteiger partial charge in [0.05, 0.1) is 18.8 Å². The number of nitrogens with zero attached hydrogens (tertiary/aromatic N) is 2. The summed E-state index contributed by atoms with van der Waals surface area (Å²) in [6.45, 7) is 3.41. The summed E-state index contributed by atoms with van der Waals surface area (Å²) in [6, 6.07) is 5.66. The van der Waals surface area contributed by atoms with Crippen LogP contribution >= 0.6 is 0 Å². The Bertz CT molecular complexity index is 704. The molecular formula is C17H17FN2O4. The van der Waals surface area contributed by atoms with Crippen molar-refractivity contribution in [3.8, 4) is 11.4 Å². The first kappa shape index (κ1) is 17.5. The second-order valence-electron chi connectivity index (χ2n) is 4.71. The normalized spacial score (nSPS) is 10.5. The molecule has 2 aromatic rings. The minimum absolute atomic E-state index is 0.0239. The lowest BCUT2D eigenvalue weighted by atomic mass is 9.93. The highest BCUT2D eigenvalue weighted by molar-refractivity contribution is 6.02. The largest absolute Gasteiger partial charge is 0.465 e. The minimum Gasteiger partial charge on any atom is -0.465 e. The fourth-order valence-electron chi connectivity index (χ4n) is 2.25. The average Bonchev–Trinajstić information content (AvgIpc) is 2.56. The van der Waals surface area contributed by atoms with Crippen LogP contribution in [-0.4, -0.2) is 35.1 Å². The van der Waals surface area contributed by atoms with Gasteiger partial charge in [-0.1, -0.05) is 12.1 Å². The second kappa shape index (κ2) is 8.14. The van der Waals surface area contributed by atoms with E-state index in [9.17, 15) is 14.0 Å². The maximum Gasteiger partial charge on any atom is 0.324 e. The second-order valence-corrected chi connectivity index (χ2v) is 4.71. The van der Waals surface area contributed by atoms with Crippen LogP contribution in [0.2, 0.25) is 0 Å². The van der Waals surface area contributed by atoms with Crippen molar-refractivity contribution in [2.75, 3.05) is 13.2 Å². The first-order valence-corrected chi connectivity index (χ1v) is 7.49. The molecule has 0 unspecified atom stereocenters. The molecular weight excluding hydrogens is 315 g/mol. The van der Waals surface area contributed by atoms with Crippen LogP contribution in [0, 0.1) is 5.82 Å². The van der Waals surface area contributed by atoms with Gasteiger partial charge < -0.3 is 9.47 Å². The maximum absolute atomic E-state index is 14.4. The lowest BCUT2D eigenvalue weighted by Gasteiger charge is -2.17. The molecule has 126 valence electrons. The molecule has 1 aromatic carbocycles. The molecule has 24 heavy (non-hydrogen) atoms. The quantitative estimate of drug-likeness (QED) is 0.597. The summed E-state index contributed by atoms with van der Waals surface area (Å²) in [5.41, 5.74) is 0.0855. The zero-order chi connectivity index (χ0) is 17.5. The van der Waals surface area contributed by atoms with Crippen LogP contribution in [0.1, 0.15) is 25.3 Å². The van der Waals surface area contributed by atoms with Crippen LogP contribution in [0.4, 0.5) is 4.39 Å². The van der Waals surface area contributed by atoms with Gasteiger partial charge >= 0.3 is 11.9 Å². The van der Waals surface area contributed by atoms with Crippen LogP contribution < -0.4 is 0 Å². The van der Waals surface area contributed by atoms with Crippen LogP contribution in [0.3, 0.4) is 0 Å². The smallest absolute Gasteiger partial charge is 0.324 e. The van der Waals surface area contributed by atoms with Gasteiger partial charge in [-0.15, -0.1) is 0 Å².